The normalized spacial score (nSPS) is 10.1. The molecule has 0 saturated carbocycles. The number of para-hydroxylation sites is 1. The lowest BCUT2D eigenvalue weighted by Gasteiger charge is -2.08. The standard InChI is InChI=1S/C16H16N2O2S/c17-16(21)13-6-3-4-11(8-13)10-18-15(20)9-12-5-1-2-7-14(12)19/h1-8,19H,9-10H2,(H2,17,21)(H,18,20). The number of phenols is 1. The van der Waals surface area contributed by atoms with Crippen molar-refractivity contribution in [2.45, 2.75) is 13.0 Å². The Bertz CT molecular complexity index is 671. The van der Waals surface area contributed by atoms with E-state index in [2.05, 4.69) is 5.32 Å². The molecule has 0 atom stereocenters. The Morgan fingerprint density at radius 1 is 1.19 bits per heavy atom. The highest BCUT2D eigenvalue weighted by atomic mass is 32.1. The zero-order chi connectivity index (χ0) is 15.2. The summed E-state index contributed by atoms with van der Waals surface area (Å²) < 4.78 is 0. The molecule has 21 heavy (non-hydrogen) atoms. The molecule has 0 radical (unpaired) electrons. The van der Waals surface area contributed by atoms with Crippen LogP contribution in [0.3, 0.4) is 0 Å². The lowest BCUT2D eigenvalue weighted by atomic mass is 10.1. The smallest absolute Gasteiger partial charge is 0.224 e. The van der Waals surface area contributed by atoms with Crippen molar-refractivity contribution in [2.24, 2.45) is 5.73 Å². The molecule has 0 fully saturated rings. The molecule has 0 spiro atoms. The van der Waals surface area contributed by atoms with Crippen molar-refractivity contribution in [3.63, 3.8) is 0 Å². The van der Waals surface area contributed by atoms with Gasteiger partial charge in [-0.25, -0.2) is 0 Å². The SMILES string of the molecule is NC(=S)c1cccc(CNC(=O)Cc2ccccc2O)c1. The Balaban J connectivity index is 1.94. The third-order valence-corrected chi connectivity index (χ3v) is 3.28. The van der Waals surface area contributed by atoms with Crippen molar-refractivity contribution in [1.82, 2.24) is 5.32 Å². The first-order chi connectivity index (χ1) is 10.1. The second kappa shape index (κ2) is 6.85. The van der Waals surface area contributed by atoms with E-state index in [9.17, 15) is 9.90 Å². The van der Waals surface area contributed by atoms with E-state index in [1.165, 1.54) is 0 Å². The van der Waals surface area contributed by atoms with E-state index in [1.54, 1.807) is 24.3 Å². The lowest BCUT2D eigenvalue weighted by Crippen LogP contribution is -2.24. The molecule has 2 aromatic rings. The van der Waals surface area contributed by atoms with Crippen LogP contribution in [0.25, 0.3) is 0 Å². The number of thiocarbonyl (C=S) groups is 1. The van der Waals surface area contributed by atoms with Crippen LogP contribution in [0.5, 0.6) is 5.75 Å². The molecule has 2 rings (SSSR count). The van der Waals surface area contributed by atoms with Gasteiger partial charge in [0.2, 0.25) is 5.91 Å². The van der Waals surface area contributed by atoms with Gasteiger partial charge < -0.3 is 16.2 Å². The van der Waals surface area contributed by atoms with Gasteiger partial charge in [0.15, 0.2) is 0 Å². The van der Waals surface area contributed by atoms with Crippen LogP contribution < -0.4 is 11.1 Å². The van der Waals surface area contributed by atoms with Gasteiger partial charge in [-0.1, -0.05) is 48.6 Å². The molecule has 0 aliphatic heterocycles. The summed E-state index contributed by atoms with van der Waals surface area (Å²) >= 11 is 4.92. The Labute approximate surface area is 128 Å². The molecule has 5 heteroatoms. The first kappa shape index (κ1) is 15.0. The highest BCUT2D eigenvalue weighted by molar-refractivity contribution is 7.80. The number of rotatable bonds is 5. The van der Waals surface area contributed by atoms with E-state index in [1.807, 2.05) is 24.3 Å². The third-order valence-electron chi connectivity index (χ3n) is 3.04. The van der Waals surface area contributed by atoms with E-state index in [0.29, 0.717) is 17.1 Å². The Morgan fingerprint density at radius 2 is 1.95 bits per heavy atom. The number of carbonyl (C=O) groups is 1. The molecule has 0 aliphatic carbocycles. The molecular weight excluding hydrogens is 284 g/mol. The number of phenolic OH excluding ortho intramolecular Hbond substituents is 1. The number of hydrogen-bond acceptors (Lipinski definition) is 3. The van der Waals surface area contributed by atoms with Gasteiger partial charge in [0.25, 0.3) is 0 Å². The first-order valence-electron chi connectivity index (χ1n) is 6.48. The molecule has 0 bridgehead atoms. The van der Waals surface area contributed by atoms with Gasteiger partial charge in [-0.3, -0.25) is 4.79 Å². The van der Waals surface area contributed by atoms with Gasteiger partial charge >= 0.3 is 0 Å². The predicted octanol–water partition coefficient (Wildman–Crippen LogP) is 1.89. The summed E-state index contributed by atoms with van der Waals surface area (Å²) in [5.41, 5.74) is 7.87. The molecule has 0 aromatic heterocycles. The molecule has 2 aromatic carbocycles. The summed E-state index contributed by atoms with van der Waals surface area (Å²) in [4.78, 5) is 12.2. The number of benzene rings is 2. The van der Waals surface area contributed by atoms with Crippen LogP contribution in [0.2, 0.25) is 0 Å². The lowest BCUT2D eigenvalue weighted by molar-refractivity contribution is -0.120. The molecule has 0 aliphatic rings. The fourth-order valence-electron chi connectivity index (χ4n) is 1.93. The van der Waals surface area contributed by atoms with Crippen LogP contribution in [-0.4, -0.2) is 16.0 Å². The van der Waals surface area contributed by atoms with Gasteiger partial charge in [-0.15, -0.1) is 0 Å². The van der Waals surface area contributed by atoms with Crippen molar-refractivity contribution in [2.75, 3.05) is 0 Å². The molecule has 0 saturated heterocycles. The summed E-state index contributed by atoms with van der Waals surface area (Å²) in [5, 5.41) is 12.4. The van der Waals surface area contributed by atoms with Crippen LogP contribution in [0, 0.1) is 0 Å². The van der Waals surface area contributed by atoms with Crippen molar-refractivity contribution in [1.29, 1.82) is 0 Å². The highest BCUT2D eigenvalue weighted by Crippen LogP contribution is 2.15. The van der Waals surface area contributed by atoms with Crippen molar-refractivity contribution in [3.05, 3.63) is 65.2 Å². The maximum absolute atomic E-state index is 11.9. The maximum atomic E-state index is 11.9. The quantitative estimate of drug-likeness (QED) is 0.737. The maximum Gasteiger partial charge on any atom is 0.224 e. The van der Waals surface area contributed by atoms with E-state index >= 15 is 0 Å². The zero-order valence-electron chi connectivity index (χ0n) is 11.4. The van der Waals surface area contributed by atoms with Crippen molar-refractivity contribution < 1.29 is 9.90 Å². The van der Waals surface area contributed by atoms with E-state index in [-0.39, 0.29) is 18.1 Å². The Morgan fingerprint density at radius 3 is 2.67 bits per heavy atom. The molecule has 4 nitrogen and oxygen atoms in total. The molecule has 1 amide bonds. The van der Waals surface area contributed by atoms with Crippen LogP contribution in [0.1, 0.15) is 16.7 Å². The average molecular weight is 300 g/mol. The molecule has 0 heterocycles. The zero-order valence-corrected chi connectivity index (χ0v) is 12.2. The molecule has 0 unspecified atom stereocenters. The number of aromatic hydroxyl groups is 1. The summed E-state index contributed by atoms with van der Waals surface area (Å²) in [6.45, 7) is 0.392. The fraction of sp³-hybridized carbons (Fsp3) is 0.125. The number of carbonyl (C=O) groups excluding carboxylic acids is 1. The number of hydrogen-bond donors (Lipinski definition) is 3. The predicted molar refractivity (Wildman–Crippen MR) is 86.0 cm³/mol. The monoisotopic (exact) mass is 300 g/mol. The molecule has 4 N–H and O–H groups in total. The van der Waals surface area contributed by atoms with Gasteiger partial charge in [-0.2, -0.15) is 0 Å². The van der Waals surface area contributed by atoms with Gasteiger partial charge in [0, 0.05) is 17.7 Å². The largest absolute Gasteiger partial charge is 0.508 e. The summed E-state index contributed by atoms with van der Waals surface area (Å²) in [6.07, 6.45) is 0.141. The minimum absolute atomic E-state index is 0.128. The second-order valence-electron chi connectivity index (χ2n) is 4.65. The summed E-state index contributed by atoms with van der Waals surface area (Å²) in [6, 6.07) is 14.2. The third kappa shape index (κ3) is 4.29. The Kier molecular flexibility index (Phi) is 4.90. The van der Waals surface area contributed by atoms with Gasteiger partial charge in [-0.05, 0) is 17.7 Å². The van der Waals surface area contributed by atoms with Crippen LogP contribution in [0.4, 0.5) is 0 Å². The van der Waals surface area contributed by atoms with Gasteiger partial charge in [0.1, 0.15) is 10.7 Å². The number of nitrogens with two attached hydrogens (primary N) is 1. The van der Waals surface area contributed by atoms with Gasteiger partial charge in [0.05, 0.1) is 6.42 Å². The Hall–Kier alpha value is -2.40. The second-order valence-corrected chi connectivity index (χ2v) is 5.09. The van der Waals surface area contributed by atoms with E-state index < -0.39 is 0 Å². The fourth-order valence-corrected chi connectivity index (χ4v) is 2.06. The minimum Gasteiger partial charge on any atom is -0.508 e. The number of nitrogens with one attached hydrogen (secondary N) is 1. The highest BCUT2D eigenvalue weighted by Gasteiger charge is 2.07. The summed E-state index contributed by atoms with van der Waals surface area (Å²) in [7, 11) is 0. The van der Waals surface area contributed by atoms with Crippen LogP contribution >= 0.6 is 12.2 Å². The number of amides is 1. The first-order valence-corrected chi connectivity index (χ1v) is 6.89. The molecule has 108 valence electrons. The molecular formula is C16H16N2O2S. The summed E-state index contributed by atoms with van der Waals surface area (Å²) in [5.74, 6) is -0.0274. The minimum atomic E-state index is -0.155. The van der Waals surface area contributed by atoms with E-state index in [0.717, 1.165) is 11.1 Å². The van der Waals surface area contributed by atoms with E-state index in [4.69, 9.17) is 18.0 Å². The van der Waals surface area contributed by atoms with Crippen LogP contribution in [0.15, 0.2) is 48.5 Å². The van der Waals surface area contributed by atoms with Crippen molar-refractivity contribution in [3.8, 4) is 5.75 Å². The van der Waals surface area contributed by atoms with Crippen LogP contribution in [-0.2, 0) is 17.8 Å². The topological polar surface area (TPSA) is 75.3 Å². The average Bonchev–Trinajstić information content (AvgIpc) is 2.48. The van der Waals surface area contributed by atoms with Crippen molar-refractivity contribution >= 4 is 23.1 Å².